The smallest absolute Gasteiger partial charge is 0.409 e. The lowest BCUT2D eigenvalue weighted by Gasteiger charge is -2.42. The van der Waals surface area contributed by atoms with Crippen LogP contribution < -0.4 is 15.0 Å². The molecule has 1 aliphatic carbocycles. The minimum absolute atomic E-state index is 0.0160. The molecule has 4 heterocycles. The number of ketones is 1. The monoisotopic (exact) mass is 1000 g/mol. The van der Waals surface area contributed by atoms with Crippen molar-refractivity contribution in [2.75, 3.05) is 45.5 Å². The summed E-state index contributed by atoms with van der Waals surface area (Å²) in [6, 6.07) is 2.43. The van der Waals surface area contributed by atoms with Crippen molar-refractivity contribution in [3.05, 3.63) is 46.5 Å². The number of fused-ring (bicyclic) bond motifs is 5. The second kappa shape index (κ2) is 22.3. The van der Waals surface area contributed by atoms with E-state index in [0.717, 1.165) is 36.8 Å². The molecule has 19 heteroatoms. The number of allylic oxidation sites excluding steroid dienone is 3. The number of Topliss-reactive ketones (excluding diaryl/α,β-unsaturated/α-hetero) is 1. The molecule has 3 saturated heterocycles. The Morgan fingerprint density at radius 2 is 1.75 bits per heavy atom. The van der Waals surface area contributed by atoms with Crippen LogP contribution in [0.1, 0.15) is 98.5 Å². The molecule has 9 atom stereocenters. The van der Waals surface area contributed by atoms with Gasteiger partial charge in [0.25, 0.3) is 0 Å². The Bertz CT molecular complexity index is 2210. The lowest BCUT2D eigenvalue weighted by atomic mass is 9.77. The van der Waals surface area contributed by atoms with E-state index in [0.29, 0.717) is 24.4 Å². The minimum atomic E-state index is -1.87. The molecule has 0 unspecified atom stereocenters. The number of thioether (sulfide) groups is 1. The number of halogens is 1. The number of esters is 1. The van der Waals surface area contributed by atoms with Crippen LogP contribution in [0.4, 0.5) is 10.5 Å². The van der Waals surface area contributed by atoms with E-state index in [1.165, 1.54) is 54.7 Å². The van der Waals surface area contributed by atoms with Gasteiger partial charge in [-0.15, -0.1) is 11.8 Å². The Balaban J connectivity index is 1.14. The van der Waals surface area contributed by atoms with E-state index in [4.69, 9.17) is 35.3 Å². The molecular weight excluding hydrogens is 932 g/mol. The van der Waals surface area contributed by atoms with Crippen molar-refractivity contribution >= 4 is 70.5 Å². The third kappa shape index (κ3) is 12.2. The number of likely N-dealkylation sites (N-methyl/N-ethyl adjacent to an activating group) is 1. The van der Waals surface area contributed by atoms with Crippen molar-refractivity contribution in [2.24, 2.45) is 23.7 Å². The number of ether oxygens (including phenoxy) is 5. The maximum absolute atomic E-state index is 14.3. The van der Waals surface area contributed by atoms with Gasteiger partial charge in [0.05, 0.1) is 30.6 Å². The Labute approximate surface area is 414 Å². The quantitative estimate of drug-likeness (QED) is 0.136. The van der Waals surface area contributed by atoms with E-state index >= 15 is 0 Å². The molecule has 2 N–H and O–H groups in total. The summed E-state index contributed by atoms with van der Waals surface area (Å²) in [5, 5.41) is 13.9. The second-order valence-corrected chi connectivity index (χ2v) is 21.5. The fourth-order valence-electron chi connectivity index (χ4n) is 10.0. The Morgan fingerprint density at radius 3 is 2.41 bits per heavy atom. The second-order valence-electron chi connectivity index (χ2n) is 19.8. The van der Waals surface area contributed by atoms with Gasteiger partial charge in [0, 0.05) is 70.5 Å². The average molecular weight is 1000 g/mol. The van der Waals surface area contributed by atoms with Crippen molar-refractivity contribution in [2.45, 2.75) is 146 Å². The fraction of sp³-hybridized carbons (Fsp3) is 0.660. The molecule has 17 nitrogen and oxygen atoms in total. The van der Waals surface area contributed by atoms with E-state index < -0.39 is 76.8 Å². The summed E-state index contributed by atoms with van der Waals surface area (Å²) in [5.74, 6) is -1.78. The van der Waals surface area contributed by atoms with Crippen LogP contribution in [0.25, 0.3) is 0 Å². The van der Waals surface area contributed by atoms with Crippen LogP contribution in [0.5, 0.6) is 5.75 Å². The number of epoxide rings is 1. The molecule has 0 radical (unpaired) electrons. The zero-order valence-corrected chi connectivity index (χ0v) is 43.0. The number of alkyl carbamates (subject to hydrolysis) is 1. The van der Waals surface area contributed by atoms with Crippen LogP contribution >= 0.6 is 23.4 Å². The molecular formula is C50H69ClN4O13S. The van der Waals surface area contributed by atoms with Crippen molar-refractivity contribution < 1.29 is 62.4 Å². The highest BCUT2D eigenvalue weighted by Gasteiger charge is 2.64. The molecule has 0 aromatic heterocycles. The van der Waals surface area contributed by atoms with Gasteiger partial charge in [0.15, 0.2) is 5.72 Å². The lowest BCUT2D eigenvalue weighted by Crippen LogP contribution is -2.63. The number of methoxy groups -OCH3 is 2. The van der Waals surface area contributed by atoms with Gasteiger partial charge in [0.1, 0.15) is 46.5 Å². The first kappa shape index (κ1) is 53.9. The zero-order valence-electron chi connectivity index (χ0n) is 41.4. The number of hydrogen-bond acceptors (Lipinski definition) is 14. The highest BCUT2D eigenvalue weighted by Crippen LogP contribution is 2.49. The Morgan fingerprint density at radius 1 is 1.06 bits per heavy atom. The van der Waals surface area contributed by atoms with E-state index in [1.54, 1.807) is 45.2 Å². The third-order valence-electron chi connectivity index (χ3n) is 14.6. The van der Waals surface area contributed by atoms with Crippen LogP contribution in [0, 0.1) is 23.7 Å². The summed E-state index contributed by atoms with van der Waals surface area (Å²) in [7, 11) is 5.91. The molecule has 5 aliphatic rings. The number of anilines is 1. The normalized spacial score (nSPS) is 32.6. The third-order valence-corrected chi connectivity index (χ3v) is 16.2. The molecule has 1 aromatic rings. The van der Waals surface area contributed by atoms with Gasteiger partial charge >= 0.3 is 12.1 Å². The van der Waals surface area contributed by atoms with Gasteiger partial charge in [-0.05, 0) is 76.5 Å². The summed E-state index contributed by atoms with van der Waals surface area (Å²) >= 11 is 8.05. The van der Waals surface area contributed by atoms with Crippen LogP contribution in [-0.4, -0.2) is 144 Å². The molecule has 0 spiro atoms. The van der Waals surface area contributed by atoms with Gasteiger partial charge in [0.2, 0.25) is 23.6 Å². The van der Waals surface area contributed by atoms with E-state index in [9.17, 15) is 38.7 Å². The first-order valence-electron chi connectivity index (χ1n) is 23.9. The topological polar surface area (TPSA) is 211 Å². The molecule has 1 aromatic carbocycles. The van der Waals surface area contributed by atoms with Gasteiger partial charge < -0.3 is 38.6 Å². The van der Waals surface area contributed by atoms with Gasteiger partial charge in [-0.3, -0.25) is 34.2 Å². The van der Waals surface area contributed by atoms with E-state index in [-0.39, 0.29) is 71.8 Å². The molecule has 4 fully saturated rings. The fourth-order valence-corrected chi connectivity index (χ4v) is 11.4. The van der Waals surface area contributed by atoms with Crippen molar-refractivity contribution in [1.82, 2.24) is 15.1 Å². The summed E-state index contributed by atoms with van der Waals surface area (Å²) in [5.41, 5.74) is -1.13. The van der Waals surface area contributed by atoms with Gasteiger partial charge in [-0.25, -0.2) is 9.59 Å². The van der Waals surface area contributed by atoms with Crippen molar-refractivity contribution in [1.29, 1.82) is 0 Å². The first-order valence-corrected chi connectivity index (χ1v) is 25.3. The predicted molar refractivity (Wildman–Crippen MR) is 258 cm³/mol. The number of aliphatic hydroxyl groups is 1. The number of nitrogens with zero attached hydrogens (tertiary/aromatic N) is 3. The van der Waals surface area contributed by atoms with Gasteiger partial charge in [-0.2, -0.15) is 0 Å². The Kier molecular flexibility index (Phi) is 17.4. The highest BCUT2D eigenvalue weighted by atomic mass is 35.5. The van der Waals surface area contributed by atoms with E-state index in [1.807, 2.05) is 26.8 Å². The van der Waals surface area contributed by atoms with Crippen LogP contribution in [0.2, 0.25) is 5.02 Å². The number of benzene rings is 1. The maximum Gasteiger partial charge on any atom is 0.409 e. The van der Waals surface area contributed by atoms with E-state index in [2.05, 4.69) is 5.32 Å². The molecule has 1 saturated carbocycles. The molecule has 380 valence electrons. The highest BCUT2D eigenvalue weighted by molar-refractivity contribution is 8.00. The van der Waals surface area contributed by atoms with Crippen LogP contribution in [-0.2, 0) is 54.1 Å². The SMILES string of the molecule is COc1cc2cc(c1Cl)N(C)C(=O)C[C@H](OC(=O)[C@H](C)N(C)C(=O)CCS[C@@H]1CC(=O)N(CC3CCC(C(=O)C(C)C)CC3)C1=O)[C@]1(C)O[C@H]1[C@H](C)[C@@H]1C[C@@](O)(NC(=O)O1)[C@H](OC)/C=C/C=C(\C)C2. The average Bonchev–Trinajstić information content (AvgIpc) is 3.94. The molecule has 69 heavy (non-hydrogen) atoms. The number of likely N-dealkylation sites (tertiary alicyclic amines) is 1. The van der Waals surface area contributed by atoms with Crippen LogP contribution in [0.3, 0.4) is 0 Å². The number of hydrogen-bond donors (Lipinski definition) is 2. The van der Waals surface area contributed by atoms with Crippen molar-refractivity contribution in [3.8, 4) is 5.75 Å². The van der Waals surface area contributed by atoms with Gasteiger partial charge in [-0.1, -0.05) is 56.2 Å². The van der Waals surface area contributed by atoms with Crippen LogP contribution in [0.15, 0.2) is 35.9 Å². The number of amides is 5. The standard InChI is InChI=1S/C50H69ClN4O13S/c1-27(2)44(59)33-16-14-31(15-17-33)26-55-42(58)23-37(46(55)60)69-19-18-40(56)53(7)30(5)47(61)67-39-24-41(57)54(8)34-21-32(22-35(64-9)43(34)51)20-28(3)12-11-13-38(65-10)50(63)25-36(66-48(62)52-50)29(4)45-49(39,6)68-45/h11-13,21-22,27,29-31,33,36-39,45,63H,14-20,23-26H2,1-10H3,(H,52,62)/b13-11+,28-12+/t29-,30+,31?,33?,36+,37-,38-,39+,45+,49+,50+/m1/s1. The number of nitrogens with one attached hydrogen (secondary N) is 1. The Hall–Kier alpha value is -4.49. The summed E-state index contributed by atoms with van der Waals surface area (Å²) in [4.78, 5) is 97.8. The largest absolute Gasteiger partial charge is 0.495 e. The maximum atomic E-state index is 14.3. The molecule has 4 aliphatic heterocycles. The number of carbonyl (C=O) groups is 7. The minimum Gasteiger partial charge on any atom is -0.495 e. The predicted octanol–water partition coefficient (Wildman–Crippen LogP) is 5.80. The number of carbonyl (C=O) groups excluding carboxylic acids is 7. The molecule has 5 amide bonds. The lowest BCUT2D eigenvalue weighted by molar-refractivity contribution is -0.162. The van der Waals surface area contributed by atoms with Crippen molar-refractivity contribution in [3.63, 3.8) is 0 Å². The summed E-state index contributed by atoms with van der Waals surface area (Å²) in [6.45, 7) is 11.0. The number of rotatable bonds is 13. The molecule has 6 rings (SSSR count). The molecule has 4 bridgehead atoms. The first-order chi connectivity index (χ1) is 32.5. The summed E-state index contributed by atoms with van der Waals surface area (Å²) < 4.78 is 29.4. The summed E-state index contributed by atoms with van der Waals surface area (Å²) in [6.07, 6.45) is 3.59. The zero-order chi connectivity index (χ0) is 50.7. The number of imide groups is 1.